The van der Waals surface area contributed by atoms with Crippen molar-refractivity contribution < 1.29 is 32.5 Å². The number of aliphatic hydroxyl groups excluding tert-OH is 1. The lowest BCUT2D eigenvalue weighted by Crippen LogP contribution is -2.56. The number of aliphatic hydroxyl groups is 1. The zero-order valence-electron chi connectivity index (χ0n) is 14.5. The average molecular weight is 382 g/mol. The molecule has 2 aromatic carbocycles. The summed E-state index contributed by atoms with van der Waals surface area (Å²) in [6.45, 7) is 0.108. The van der Waals surface area contributed by atoms with E-state index in [9.17, 15) is 18.3 Å². The molecule has 1 N–H and O–H groups in total. The molecule has 1 heterocycles. The van der Waals surface area contributed by atoms with E-state index in [2.05, 4.69) is 0 Å². The standard InChI is InChI=1S/C20H21F3O4/c21-20(22,23)19-18(26-13-15-9-5-2-6-10-15)16(11-17(24)27-19)25-12-14-7-3-1-4-8-14/h1-10,16-19,24H,11-13H2. The lowest BCUT2D eigenvalue weighted by atomic mass is 10.00. The molecule has 1 saturated heterocycles. The van der Waals surface area contributed by atoms with Gasteiger partial charge in [-0.2, -0.15) is 13.2 Å². The Kier molecular flexibility index (Phi) is 6.49. The molecule has 0 aliphatic carbocycles. The summed E-state index contributed by atoms with van der Waals surface area (Å²) in [5, 5.41) is 9.76. The van der Waals surface area contributed by atoms with Crippen molar-refractivity contribution >= 4 is 0 Å². The van der Waals surface area contributed by atoms with Crippen LogP contribution in [0.1, 0.15) is 17.5 Å². The maximum Gasteiger partial charge on any atom is 0.417 e. The number of rotatable bonds is 6. The van der Waals surface area contributed by atoms with Crippen molar-refractivity contribution in [3.63, 3.8) is 0 Å². The maximum absolute atomic E-state index is 13.5. The van der Waals surface area contributed by atoms with Crippen LogP contribution in [0.2, 0.25) is 0 Å². The van der Waals surface area contributed by atoms with Crippen LogP contribution in [0.3, 0.4) is 0 Å². The Hall–Kier alpha value is -1.93. The first-order valence-corrected chi connectivity index (χ1v) is 8.65. The summed E-state index contributed by atoms with van der Waals surface area (Å²) in [5.41, 5.74) is 1.57. The highest BCUT2D eigenvalue weighted by molar-refractivity contribution is 5.14. The van der Waals surface area contributed by atoms with E-state index in [0.717, 1.165) is 11.1 Å². The minimum atomic E-state index is -4.68. The normalized spacial score (nSPS) is 26.1. The first kappa shape index (κ1) is 19.8. The van der Waals surface area contributed by atoms with Gasteiger partial charge in [-0.3, -0.25) is 0 Å². The predicted octanol–water partition coefficient (Wildman–Crippen LogP) is 3.83. The molecule has 0 amide bonds. The van der Waals surface area contributed by atoms with Gasteiger partial charge in [-0.25, -0.2) is 0 Å². The van der Waals surface area contributed by atoms with Crippen molar-refractivity contribution in [3.8, 4) is 0 Å². The lowest BCUT2D eigenvalue weighted by Gasteiger charge is -2.40. The monoisotopic (exact) mass is 382 g/mol. The molecule has 0 spiro atoms. The van der Waals surface area contributed by atoms with E-state index >= 15 is 0 Å². The van der Waals surface area contributed by atoms with E-state index in [4.69, 9.17) is 14.2 Å². The van der Waals surface area contributed by atoms with Gasteiger partial charge in [0.2, 0.25) is 0 Å². The molecule has 0 saturated carbocycles. The second-order valence-electron chi connectivity index (χ2n) is 6.38. The second kappa shape index (κ2) is 8.84. The van der Waals surface area contributed by atoms with Crippen LogP contribution in [0, 0.1) is 0 Å². The number of alkyl halides is 3. The molecule has 7 heteroatoms. The van der Waals surface area contributed by atoms with Crippen LogP contribution >= 0.6 is 0 Å². The molecule has 4 nitrogen and oxygen atoms in total. The van der Waals surface area contributed by atoms with Gasteiger partial charge < -0.3 is 19.3 Å². The smallest absolute Gasteiger partial charge is 0.371 e. The van der Waals surface area contributed by atoms with Gasteiger partial charge in [0.1, 0.15) is 6.10 Å². The average Bonchev–Trinajstić information content (AvgIpc) is 2.66. The van der Waals surface area contributed by atoms with Gasteiger partial charge in [0.25, 0.3) is 0 Å². The molecule has 1 aliphatic rings. The Labute approximate surface area is 155 Å². The largest absolute Gasteiger partial charge is 0.417 e. The summed E-state index contributed by atoms with van der Waals surface area (Å²) in [7, 11) is 0. The molecule has 2 aromatic rings. The maximum atomic E-state index is 13.5. The molecule has 0 radical (unpaired) electrons. The summed E-state index contributed by atoms with van der Waals surface area (Å²) in [5.74, 6) is 0. The third kappa shape index (κ3) is 5.52. The quantitative estimate of drug-likeness (QED) is 0.825. The number of halogens is 3. The van der Waals surface area contributed by atoms with Crippen molar-refractivity contribution in [2.24, 2.45) is 0 Å². The van der Waals surface area contributed by atoms with Gasteiger partial charge in [0.05, 0.1) is 19.3 Å². The minimum Gasteiger partial charge on any atom is -0.371 e. The Morgan fingerprint density at radius 3 is 1.93 bits per heavy atom. The van der Waals surface area contributed by atoms with Gasteiger partial charge in [0, 0.05) is 6.42 Å². The van der Waals surface area contributed by atoms with E-state index in [0.29, 0.717) is 0 Å². The van der Waals surface area contributed by atoms with Crippen LogP contribution in [0.25, 0.3) is 0 Å². The third-order valence-electron chi connectivity index (χ3n) is 4.32. The lowest BCUT2D eigenvalue weighted by molar-refractivity contribution is -0.332. The third-order valence-corrected chi connectivity index (χ3v) is 4.32. The number of ether oxygens (including phenoxy) is 3. The Balaban J connectivity index is 1.73. The fourth-order valence-electron chi connectivity index (χ4n) is 3.00. The van der Waals surface area contributed by atoms with Crippen LogP contribution in [0.4, 0.5) is 13.2 Å². The molecule has 27 heavy (non-hydrogen) atoms. The highest BCUT2D eigenvalue weighted by atomic mass is 19.4. The molecule has 4 atom stereocenters. The second-order valence-corrected chi connectivity index (χ2v) is 6.38. The molecular formula is C20H21F3O4. The number of hydrogen-bond acceptors (Lipinski definition) is 4. The van der Waals surface area contributed by atoms with E-state index in [1.165, 1.54) is 0 Å². The van der Waals surface area contributed by atoms with Gasteiger partial charge in [-0.1, -0.05) is 60.7 Å². The highest BCUT2D eigenvalue weighted by Crippen LogP contribution is 2.35. The van der Waals surface area contributed by atoms with Gasteiger partial charge >= 0.3 is 6.18 Å². The fourth-order valence-corrected chi connectivity index (χ4v) is 3.00. The van der Waals surface area contributed by atoms with Crippen LogP contribution in [0.15, 0.2) is 60.7 Å². The van der Waals surface area contributed by atoms with E-state index < -0.39 is 30.8 Å². The molecular weight excluding hydrogens is 361 g/mol. The fraction of sp³-hybridized carbons (Fsp3) is 0.400. The Morgan fingerprint density at radius 1 is 0.889 bits per heavy atom. The molecule has 0 bridgehead atoms. The molecule has 3 rings (SSSR count). The zero-order valence-corrected chi connectivity index (χ0v) is 14.5. The van der Waals surface area contributed by atoms with Crippen LogP contribution in [-0.2, 0) is 27.4 Å². The molecule has 1 fully saturated rings. The molecule has 1 aliphatic heterocycles. The summed E-state index contributed by atoms with van der Waals surface area (Å²) in [6.07, 6.45) is -10.9. The van der Waals surface area contributed by atoms with E-state index in [1.807, 2.05) is 36.4 Å². The van der Waals surface area contributed by atoms with Crippen molar-refractivity contribution in [2.45, 2.75) is 50.4 Å². The Bertz CT molecular complexity index is 693. The SMILES string of the molecule is OC1CC(OCc2ccccc2)C(OCc2ccccc2)C(C(F)(F)F)O1. The summed E-state index contributed by atoms with van der Waals surface area (Å²) >= 11 is 0. The highest BCUT2D eigenvalue weighted by Gasteiger charge is 2.53. The van der Waals surface area contributed by atoms with Crippen LogP contribution in [-0.4, -0.2) is 35.9 Å². The zero-order chi connectivity index (χ0) is 19.3. The van der Waals surface area contributed by atoms with Crippen molar-refractivity contribution in [1.82, 2.24) is 0 Å². The van der Waals surface area contributed by atoms with Gasteiger partial charge in [-0.15, -0.1) is 0 Å². The van der Waals surface area contributed by atoms with Crippen molar-refractivity contribution in [1.29, 1.82) is 0 Å². The van der Waals surface area contributed by atoms with E-state index in [-0.39, 0.29) is 19.6 Å². The van der Waals surface area contributed by atoms with Crippen molar-refractivity contribution in [3.05, 3.63) is 71.8 Å². The van der Waals surface area contributed by atoms with Gasteiger partial charge in [0.15, 0.2) is 12.4 Å². The van der Waals surface area contributed by atoms with Crippen molar-refractivity contribution in [2.75, 3.05) is 0 Å². The minimum absolute atomic E-state index is 0.0112. The van der Waals surface area contributed by atoms with Gasteiger partial charge in [-0.05, 0) is 11.1 Å². The molecule has 4 unspecified atom stereocenters. The summed E-state index contributed by atoms with van der Waals surface area (Å²) in [4.78, 5) is 0. The Morgan fingerprint density at radius 2 is 1.41 bits per heavy atom. The summed E-state index contributed by atoms with van der Waals surface area (Å²) in [6, 6.07) is 18.0. The van der Waals surface area contributed by atoms with E-state index in [1.54, 1.807) is 24.3 Å². The molecule has 146 valence electrons. The number of hydrogen-bond donors (Lipinski definition) is 1. The number of benzene rings is 2. The topological polar surface area (TPSA) is 47.9 Å². The first-order valence-electron chi connectivity index (χ1n) is 8.65. The summed E-state index contributed by atoms with van der Waals surface area (Å²) < 4.78 is 56.4. The van der Waals surface area contributed by atoms with Crippen LogP contribution in [0.5, 0.6) is 0 Å². The van der Waals surface area contributed by atoms with Crippen LogP contribution < -0.4 is 0 Å². The first-order chi connectivity index (χ1) is 12.9. The molecule has 0 aromatic heterocycles. The predicted molar refractivity (Wildman–Crippen MR) is 91.6 cm³/mol.